The summed E-state index contributed by atoms with van der Waals surface area (Å²) in [5.41, 5.74) is 0.791. The van der Waals surface area contributed by atoms with E-state index in [4.69, 9.17) is 0 Å². The Kier molecular flexibility index (Phi) is 5.64. The molecule has 1 unspecified atom stereocenters. The van der Waals surface area contributed by atoms with Gasteiger partial charge < -0.3 is 10.2 Å². The summed E-state index contributed by atoms with van der Waals surface area (Å²) in [5.74, 6) is -0.845. The fraction of sp³-hybridized carbons (Fsp3) is 0.647. The van der Waals surface area contributed by atoms with Gasteiger partial charge >= 0.3 is 6.18 Å². The minimum Gasteiger partial charge on any atom is -0.370 e. The van der Waals surface area contributed by atoms with Crippen molar-refractivity contribution < 1.29 is 22.4 Å². The Balaban J connectivity index is 1.51. The average molecular weight is 374 g/mol. The molecule has 0 bridgehead atoms. The summed E-state index contributed by atoms with van der Waals surface area (Å²) in [6.45, 7) is 1.57. The van der Waals surface area contributed by atoms with Crippen molar-refractivity contribution in [2.24, 2.45) is 0 Å². The maximum absolute atomic E-state index is 13.3. The second kappa shape index (κ2) is 7.77. The van der Waals surface area contributed by atoms with Crippen LogP contribution in [0.15, 0.2) is 18.3 Å². The number of anilines is 1. The van der Waals surface area contributed by atoms with E-state index in [-0.39, 0.29) is 5.69 Å². The van der Waals surface area contributed by atoms with Crippen LogP contribution in [0.3, 0.4) is 0 Å². The standard InChI is InChI=1S/C17H22F4N4O/c18-12-3-6-25(10-12)13-4-7-24(8-5-13)14-1-2-15(22-9-14)16(26)23-11-17(19,20)21/h1-2,9,12-13H,3-8,10-11H2,(H,23,26). The highest BCUT2D eigenvalue weighted by atomic mass is 19.4. The maximum Gasteiger partial charge on any atom is 0.405 e. The highest BCUT2D eigenvalue weighted by Gasteiger charge is 2.31. The second-order valence-electron chi connectivity index (χ2n) is 6.80. The van der Waals surface area contributed by atoms with Gasteiger partial charge in [0.1, 0.15) is 18.4 Å². The zero-order chi connectivity index (χ0) is 18.7. The lowest BCUT2D eigenvalue weighted by molar-refractivity contribution is -0.123. The van der Waals surface area contributed by atoms with Crippen molar-refractivity contribution in [2.75, 3.05) is 37.6 Å². The summed E-state index contributed by atoms with van der Waals surface area (Å²) in [6, 6.07) is 3.53. The SMILES string of the molecule is O=C(NCC(F)(F)F)c1ccc(N2CCC(N3CCC(F)C3)CC2)cn1. The number of halogens is 4. The lowest BCUT2D eigenvalue weighted by atomic mass is 10.0. The molecule has 144 valence electrons. The van der Waals surface area contributed by atoms with E-state index >= 15 is 0 Å². The number of nitrogens with zero attached hydrogens (tertiary/aromatic N) is 3. The molecule has 5 nitrogen and oxygen atoms in total. The number of piperidine rings is 1. The Hall–Kier alpha value is -1.90. The molecule has 2 saturated heterocycles. The first-order chi connectivity index (χ1) is 12.3. The Labute approximate surface area is 149 Å². The molecule has 26 heavy (non-hydrogen) atoms. The number of amides is 1. The van der Waals surface area contributed by atoms with Gasteiger partial charge in [-0.25, -0.2) is 9.37 Å². The van der Waals surface area contributed by atoms with Gasteiger partial charge in [0.2, 0.25) is 0 Å². The van der Waals surface area contributed by atoms with Crippen molar-refractivity contribution in [1.82, 2.24) is 15.2 Å². The predicted octanol–water partition coefficient (Wildman–Crippen LogP) is 2.39. The maximum atomic E-state index is 13.3. The number of hydrogen-bond acceptors (Lipinski definition) is 4. The van der Waals surface area contributed by atoms with Gasteiger partial charge in [0, 0.05) is 32.2 Å². The average Bonchev–Trinajstić information content (AvgIpc) is 3.06. The van der Waals surface area contributed by atoms with Gasteiger partial charge in [0.25, 0.3) is 5.91 Å². The van der Waals surface area contributed by atoms with Gasteiger partial charge in [0.05, 0.1) is 11.9 Å². The third kappa shape index (κ3) is 4.84. The van der Waals surface area contributed by atoms with Crippen molar-refractivity contribution in [1.29, 1.82) is 0 Å². The third-order valence-corrected chi connectivity index (χ3v) is 4.94. The smallest absolute Gasteiger partial charge is 0.370 e. The van der Waals surface area contributed by atoms with E-state index in [1.807, 2.05) is 0 Å². The molecule has 2 aliphatic rings. The first-order valence-electron chi connectivity index (χ1n) is 8.76. The molecule has 0 aromatic carbocycles. The van der Waals surface area contributed by atoms with E-state index in [9.17, 15) is 22.4 Å². The Bertz CT molecular complexity index is 614. The summed E-state index contributed by atoms with van der Waals surface area (Å²) in [7, 11) is 0. The molecule has 1 amide bonds. The van der Waals surface area contributed by atoms with Crippen LogP contribution in [-0.2, 0) is 0 Å². The van der Waals surface area contributed by atoms with E-state index in [0.717, 1.165) is 38.2 Å². The number of nitrogens with one attached hydrogen (secondary N) is 1. The normalized spacial score (nSPS) is 22.6. The fourth-order valence-electron chi connectivity index (χ4n) is 3.54. The molecule has 0 saturated carbocycles. The molecule has 1 aromatic rings. The molecular weight excluding hydrogens is 352 g/mol. The zero-order valence-corrected chi connectivity index (χ0v) is 14.3. The van der Waals surface area contributed by atoms with Crippen LogP contribution in [0.25, 0.3) is 0 Å². The van der Waals surface area contributed by atoms with Gasteiger partial charge in [-0.3, -0.25) is 9.69 Å². The van der Waals surface area contributed by atoms with Crippen molar-refractivity contribution >= 4 is 11.6 Å². The Morgan fingerprint density at radius 1 is 1.19 bits per heavy atom. The lowest BCUT2D eigenvalue weighted by Gasteiger charge is -2.37. The van der Waals surface area contributed by atoms with Gasteiger partial charge in [-0.05, 0) is 31.4 Å². The quantitative estimate of drug-likeness (QED) is 0.823. The number of hydrogen-bond donors (Lipinski definition) is 1. The number of aromatic nitrogens is 1. The molecule has 0 radical (unpaired) electrons. The number of rotatable bonds is 4. The summed E-state index contributed by atoms with van der Waals surface area (Å²) < 4.78 is 49.8. The molecule has 1 atom stereocenters. The molecule has 0 spiro atoms. The van der Waals surface area contributed by atoms with E-state index in [1.54, 1.807) is 11.4 Å². The Morgan fingerprint density at radius 2 is 1.92 bits per heavy atom. The van der Waals surface area contributed by atoms with Crippen LogP contribution in [-0.4, -0.2) is 66.9 Å². The monoisotopic (exact) mass is 374 g/mol. The highest BCUT2D eigenvalue weighted by Crippen LogP contribution is 2.25. The molecule has 2 aliphatic heterocycles. The number of carbonyl (C=O) groups excluding carboxylic acids is 1. The number of pyridine rings is 1. The van der Waals surface area contributed by atoms with Crippen LogP contribution in [0.1, 0.15) is 29.8 Å². The van der Waals surface area contributed by atoms with Crippen molar-refractivity contribution in [2.45, 2.75) is 37.7 Å². The van der Waals surface area contributed by atoms with Crippen LogP contribution in [0.2, 0.25) is 0 Å². The van der Waals surface area contributed by atoms with Gasteiger partial charge in [-0.1, -0.05) is 0 Å². The largest absolute Gasteiger partial charge is 0.405 e. The first kappa shape index (κ1) is 18.9. The van der Waals surface area contributed by atoms with Crippen LogP contribution < -0.4 is 10.2 Å². The molecule has 0 aliphatic carbocycles. The minimum atomic E-state index is -4.45. The number of carbonyl (C=O) groups is 1. The third-order valence-electron chi connectivity index (χ3n) is 4.94. The molecule has 1 aromatic heterocycles. The van der Waals surface area contributed by atoms with Crippen molar-refractivity contribution in [3.63, 3.8) is 0 Å². The zero-order valence-electron chi connectivity index (χ0n) is 14.3. The number of likely N-dealkylation sites (tertiary alicyclic amines) is 1. The first-order valence-corrected chi connectivity index (χ1v) is 8.76. The van der Waals surface area contributed by atoms with E-state index in [0.29, 0.717) is 19.0 Å². The Morgan fingerprint density at radius 3 is 2.46 bits per heavy atom. The van der Waals surface area contributed by atoms with Crippen molar-refractivity contribution in [3.05, 3.63) is 24.0 Å². The number of alkyl halides is 4. The van der Waals surface area contributed by atoms with Crippen LogP contribution in [0.5, 0.6) is 0 Å². The van der Waals surface area contributed by atoms with E-state index < -0.39 is 24.8 Å². The lowest BCUT2D eigenvalue weighted by Crippen LogP contribution is -2.44. The summed E-state index contributed by atoms with van der Waals surface area (Å²) in [6.07, 6.45) is -1.18. The van der Waals surface area contributed by atoms with Gasteiger partial charge in [-0.2, -0.15) is 13.2 Å². The van der Waals surface area contributed by atoms with Crippen LogP contribution in [0.4, 0.5) is 23.2 Å². The van der Waals surface area contributed by atoms with E-state index in [1.165, 1.54) is 12.3 Å². The molecule has 3 heterocycles. The molecule has 1 N–H and O–H groups in total. The van der Waals surface area contributed by atoms with Crippen LogP contribution in [0, 0.1) is 0 Å². The molecule has 3 rings (SSSR count). The predicted molar refractivity (Wildman–Crippen MR) is 88.9 cm³/mol. The second-order valence-corrected chi connectivity index (χ2v) is 6.80. The van der Waals surface area contributed by atoms with Crippen LogP contribution >= 0.6 is 0 Å². The van der Waals surface area contributed by atoms with E-state index in [2.05, 4.69) is 14.8 Å². The molecule has 2 fully saturated rings. The molecule has 9 heteroatoms. The van der Waals surface area contributed by atoms with Crippen molar-refractivity contribution in [3.8, 4) is 0 Å². The summed E-state index contributed by atoms with van der Waals surface area (Å²) >= 11 is 0. The molecular formula is C17H22F4N4O. The topological polar surface area (TPSA) is 48.5 Å². The van der Waals surface area contributed by atoms with Gasteiger partial charge in [-0.15, -0.1) is 0 Å². The minimum absolute atomic E-state index is 0.0426. The van der Waals surface area contributed by atoms with Gasteiger partial charge in [0.15, 0.2) is 0 Å². The summed E-state index contributed by atoms with van der Waals surface area (Å²) in [5, 5.41) is 1.80. The summed E-state index contributed by atoms with van der Waals surface area (Å²) in [4.78, 5) is 20.0. The fourth-order valence-corrected chi connectivity index (χ4v) is 3.54. The highest BCUT2D eigenvalue weighted by molar-refractivity contribution is 5.92.